The van der Waals surface area contributed by atoms with E-state index in [0.29, 0.717) is 28.2 Å². The van der Waals surface area contributed by atoms with Crippen molar-refractivity contribution in [3.05, 3.63) is 114 Å². The number of para-hydroxylation sites is 1. The molecule has 6 aromatic rings. The summed E-state index contributed by atoms with van der Waals surface area (Å²) in [6.07, 6.45) is 0. The quantitative estimate of drug-likeness (QED) is 0.167. The van der Waals surface area contributed by atoms with Gasteiger partial charge in [0.1, 0.15) is 28.6 Å². The van der Waals surface area contributed by atoms with Gasteiger partial charge >= 0.3 is 0 Å². The maximum atomic E-state index is 11.1. The summed E-state index contributed by atoms with van der Waals surface area (Å²) in [7, 11) is 1.51. The highest BCUT2D eigenvalue weighted by atomic mass is 16.5. The monoisotopic (exact) mass is 567 g/mol. The molecular formula is C35H29N5O3. The van der Waals surface area contributed by atoms with Crippen LogP contribution >= 0.6 is 0 Å². The van der Waals surface area contributed by atoms with Gasteiger partial charge in [-0.05, 0) is 84.1 Å². The Labute approximate surface area is 248 Å². The van der Waals surface area contributed by atoms with Crippen molar-refractivity contribution in [3.63, 3.8) is 0 Å². The number of anilines is 2. The van der Waals surface area contributed by atoms with E-state index < -0.39 is 0 Å². The van der Waals surface area contributed by atoms with Gasteiger partial charge in [-0.3, -0.25) is 0 Å². The first-order valence-electron chi connectivity index (χ1n) is 13.7. The average Bonchev–Trinajstić information content (AvgIpc) is 3.00. The normalized spacial score (nSPS) is 11.6. The number of methoxy groups -OCH3 is 1. The highest BCUT2D eigenvalue weighted by Crippen LogP contribution is 2.43. The number of nitrogens with zero attached hydrogens (tertiary/aromatic N) is 4. The fraction of sp³-hybridized carbons (Fsp3) is 0.0857. The largest absolute Gasteiger partial charge is 0.506 e. The van der Waals surface area contributed by atoms with Gasteiger partial charge in [0.25, 0.3) is 0 Å². The van der Waals surface area contributed by atoms with Gasteiger partial charge in [0.05, 0.1) is 12.8 Å². The molecule has 43 heavy (non-hydrogen) atoms. The number of rotatable bonds is 7. The Balaban J connectivity index is 1.26. The molecular weight excluding hydrogens is 538 g/mol. The lowest BCUT2D eigenvalue weighted by molar-refractivity contribution is 0.413. The third-order valence-electron chi connectivity index (χ3n) is 7.13. The topological polar surface area (TPSA) is 111 Å². The maximum absolute atomic E-state index is 11.1. The summed E-state index contributed by atoms with van der Waals surface area (Å²) in [6, 6.07) is 32.5. The van der Waals surface area contributed by atoms with Gasteiger partial charge in [0.2, 0.25) is 0 Å². The molecule has 0 heterocycles. The number of ether oxygens (including phenoxy) is 1. The molecule has 8 heteroatoms. The Morgan fingerprint density at radius 2 is 1.42 bits per heavy atom. The van der Waals surface area contributed by atoms with Crippen molar-refractivity contribution in [2.45, 2.75) is 13.8 Å². The molecule has 6 rings (SSSR count). The van der Waals surface area contributed by atoms with Crippen molar-refractivity contribution in [2.24, 2.45) is 20.5 Å². The third kappa shape index (κ3) is 5.85. The number of benzene rings is 6. The molecule has 0 aliphatic carbocycles. The minimum atomic E-state index is -0.151. The lowest BCUT2D eigenvalue weighted by Gasteiger charge is -2.11. The van der Waals surface area contributed by atoms with Crippen LogP contribution in [0, 0.1) is 13.8 Å². The standard InChI is InChI=1S/C35H29N5O3/c1-21-9-10-23-11-12-28(17-24(23)15-21)37-39-31-19-32(41)30(20-33(31)43-3)38-40-34-22(2)16-25-18-27(13-14-29(25)35(34)42)36-26-7-5-4-6-8-26/h4-20,36,41-42H,1-3H3. The lowest BCUT2D eigenvalue weighted by atomic mass is 10.0. The molecule has 0 unspecified atom stereocenters. The van der Waals surface area contributed by atoms with Crippen LogP contribution < -0.4 is 10.1 Å². The molecule has 6 aromatic carbocycles. The molecule has 0 aliphatic heterocycles. The number of nitrogens with one attached hydrogen (secondary N) is 1. The molecule has 0 saturated heterocycles. The first kappa shape index (κ1) is 27.4. The smallest absolute Gasteiger partial charge is 0.151 e. The zero-order valence-corrected chi connectivity index (χ0v) is 23.9. The Morgan fingerprint density at radius 1 is 0.628 bits per heavy atom. The molecule has 0 aromatic heterocycles. The second kappa shape index (κ2) is 11.6. The molecule has 0 spiro atoms. The molecule has 212 valence electrons. The van der Waals surface area contributed by atoms with Gasteiger partial charge in [0, 0.05) is 28.9 Å². The van der Waals surface area contributed by atoms with Gasteiger partial charge in [-0.15, -0.1) is 15.3 Å². The van der Waals surface area contributed by atoms with Crippen LogP contribution in [0.3, 0.4) is 0 Å². The minimum absolute atomic E-state index is 0.00691. The van der Waals surface area contributed by atoms with E-state index in [1.54, 1.807) is 0 Å². The molecule has 0 amide bonds. The summed E-state index contributed by atoms with van der Waals surface area (Å²) in [5, 5.41) is 46.1. The van der Waals surface area contributed by atoms with Crippen LogP contribution in [-0.4, -0.2) is 17.3 Å². The van der Waals surface area contributed by atoms with E-state index in [4.69, 9.17) is 4.74 Å². The molecule has 3 N–H and O–H groups in total. The Hall–Kier alpha value is -5.76. The van der Waals surface area contributed by atoms with Crippen LogP contribution in [0.1, 0.15) is 11.1 Å². The summed E-state index contributed by atoms with van der Waals surface area (Å²) >= 11 is 0. The highest BCUT2D eigenvalue weighted by Gasteiger charge is 2.14. The molecule has 0 radical (unpaired) electrons. The van der Waals surface area contributed by atoms with E-state index in [1.807, 2.05) is 86.6 Å². The first-order valence-corrected chi connectivity index (χ1v) is 13.7. The molecule has 0 aliphatic rings. The number of phenolic OH excluding ortho intramolecular Hbond substituents is 2. The van der Waals surface area contributed by atoms with Crippen molar-refractivity contribution in [3.8, 4) is 17.2 Å². The lowest BCUT2D eigenvalue weighted by Crippen LogP contribution is -1.90. The number of phenols is 2. The number of fused-ring (bicyclic) bond motifs is 2. The Kier molecular flexibility index (Phi) is 7.41. The van der Waals surface area contributed by atoms with E-state index in [9.17, 15) is 10.2 Å². The predicted molar refractivity (Wildman–Crippen MR) is 172 cm³/mol. The number of aryl methyl sites for hydroxylation is 2. The van der Waals surface area contributed by atoms with Crippen molar-refractivity contribution in [2.75, 3.05) is 12.4 Å². The van der Waals surface area contributed by atoms with Crippen LogP contribution in [0.25, 0.3) is 21.5 Å². The average molecular weight is 568 g/mol. The van der Waals surface area contributed by atoms with Gasteiger partial charge in [-0.1, -0.05) is 48.0 Å². The van der Waals surface area contributed by atoms with Gasteiger partial charge in [0.15, 0.2) is 5.75 Å². The van der Waals surface area contributed by atoms with Gasteiger partial charge in [-0.25, -0.2) is 0 Å². The number of hydrogen-bond donors (Lipinski definition) is 3. The van der Waals surface area contributed by atoms with Crippen molar-refractivity contribution >= 4 is 55.7 Å². The summed E-state index contributed by atoms with van der Waals surface area (Å²) in [6.45, 7) is 3.89. The summed E-state index contributed by atoms with van der Waals surface area (Å²) in [4.78, 5) is 0. The Morgan fingerprint density at radius 3 is 2.23 bits per heavy atom. The van der Waals surface area contributed by atoms with Crippen LogP contribution in [0.15, 0.2) is 124 Å². The first-order chi connectivity index (χ1) is 20.9. The second-order valence-corrected chi connectivity index (χ2v) is 10.3. The highest BCUT2D eigenvalue weighted by molar-refractivity contribution is 5.96. The molecule has 8 nitrogen and oxygen atoms in total. The molecule has 0 saturated carbocycles. The van der Waals surface area contributed by atoms with Crippen molar-refractivity contribution < 1.29 is 14.9 Å². The zero-order chi connectivity index (χ0) is 29.9. The molecule has 0 fully saturated rings. The predicted octanol–water partition coefficient (Wildman–Crippen LogP) is 10.6. The van der Waals surface area contributed by atoms with Crippen LogP contribution in [0.4, 0.5) is 34.1 Å². The van der Waals surface area contributed by atoms with Crippen molar-refractivity contribution in [1.82, 2.24) is 0 Å². The maximum Gasteiger partial charge on any atom is 0.151 e. The Bertz CT molecular complexity index is 2040. The number of azo groups is 2. The van der Waals surface area contributed by atoms with Crippen LogP contribution in [0.5, 0.6) is 17.2 Å². The van der Waals surface area contributed by atoms with E-state index in [2.05, 4.69) is 44.0 Å². The van der Waals surface area contributed by atoms with E-state index in [-0.39, 0.29) is 17.2 Å². The fourth-order valence-corrected chi connectivity index (χ4v) is 4.91. The van der Waals surface area contributed by atoms with Gasteiger partial charge < -0.3 is 20.3 Å². The van der Waals surface area contributed by atoms with E-state index in [1.165, 1.54) is 19.2 Å². The van der Waals surface area contributed by atoms with E-state index >= 15 is 0 Å². The third-order valence-corrected chi connectivity index (χ3v) is 7.13. The fourth-order valence-electron chi connectivity index (χ4n) is 4.91. The van der Waals surface area contributed by atoms with Crippen molar-refractivity contribution in [1.29, 1.82) is 0 Å². The molecule has 0 bridgehead atoms. The summed E-state index contributed by atoms with van der Waals surface area (Å²) in [5.41, 5.74) is 5.25. The van der Waals surface area contributed by atoms with E-state index in [0.717, 1.165) is 38.7 Å². The zero-order valence-electron chi connectivity index (χ0n) is 23.9. The summed E-state index contributed by atoms with van der Waals surface area (Å²) in [5.74, 6) is 0.222. The van der Waals surface area contributed by atoms with Crippen LogP contribution in [0.2, 0.25) is 0 Å². The van der Waals surface area contributed by atoms with Gasteiger partial charge in [-0.2, -0.15) is 5.11 Å². The van der Waals surface area contributed by atoms with Crippen LogP contribution in [-0.2, 0) is 0 Å². The molecule has 0 atom stereocenters. The number of hydrogen-bond acceptors (Lipinski definition) is 8. The SMILES string of the molecule is COc1cc(N=Nc2c(C)cc3cc(Nc4ccccc4)ccc3c2O)c(O)cc1N=Nc1ccc2ccc(C)cc2c1. The second-order valence-electron chi connectivity index (χ2n) is 10.3. The number of aromatic hydroxyl groups is 2. The summed E-state index contributed by atoms with van der Waals surface area (Å²) < 4.78 is 5.50. The minimum Gasteiger partial charge on any atom is -0.506 e.